The summed E-state index contributed by atoms with van der Waals surface area (Å²) < 4.78 is 2.15. The van der Waals surface area contributed by atoms with Crippen molar-refractivity contribution in [3.63, 3.8) is 0 Å². The molecule has 4 heteroatoms. The SMILES string of the molecule is Cc1ccc2nc(N)n(C3CCC(O)CC3)c2c1. The highest BCUT2D eigenvalue weighted by Gasteiger charge is 2.23. The minimum absolute atomic E-state index is 0.140. The molecule has 0 radical (unpaired) electrons. The number of nitrogen functional groups attached to an aromatic ring is 1. The first-order valence-electron chi connectivity index (χ1n) is 6.57. The minimum Gasteiger partial charge on any atom is -0.393 e. The summed E-state index contributed by atoms with van der Waals surface area (Å²) >= 11 is 0. The van der Waals surface area contributed by atoms with E-state index in [1.807, 2.05) is 6.07 Å². The number of anilines is 1. The Hall–Kier alpha value is -1.55. The van der Waals surface area contributed by atoms with Gasteiger partial charge in [-0.15, -0.1) is 0 Å². The third-order valence-electron chi connectivity index (χ3n) is 3.90. The second-order valence-corrected chi connectivity index (χ2v) is 5.29. The van der Waals surface area contributed by atoms with Gasteiger partial charge in [0.25, 0.3) is 0 Å². The summed E-state index contributed by atoms with van der Waals surface area (Å²) in [5.74, 6) is 0.594. The number of benzene rings is 1. The van der Waals surface area contributed by atoms with E-state index < -0.39 is 0 Å². The lowest BCUT2D eigenvalue weighted by atomic mass is 9.93. The fourth-order valence-corrected chi connectivity index (χ4v) is 2.92. The summed E-state index contributed by atoms with van der Waals surface area (Å²) in [7, 11) is 0. The molecule has 3 rings (SSSR count). The van der Waals surface area contributed by atoms with Crippen molar-refractivity contribution in [3.05, 3.63) is 23.8 Å². The van der Waals surface area contributed by atoms with Crippen LogP contribution in [0.1, 0.15) is 37.3 Å². The predicted octanol–water partition coefficient (Wildman–Crippen LogP) is 2.40. The van der Waals surface area contributed by atoms with Crippen LogP contribution in [0.5, 0.6) is 0 Å². The second kappa shape index (κ2) is 4.28. The van der Waals surface area contributed by atoms with Crippen molar-refractivity contribution < 1.29 is 5.11 Å². The Morgan fingerprint density at radius 2 is 2.00 bits per heavy atom. The molecule has 0 atom stereocenters. The number of rotatable bonds is 1. The third kappa shape index (κ3) is 1.86. The van der Waals surface area contributed by atoms with Gasteiger partial charge in [0.05, 0.1) is 17.1 Å². The van der Waals surface area contributed by atoms with E-state index in [0.29, 0.717) is 12.0 Å². The second-order valence-electron chi connectivity index (χ2n) is 5.29. The average molecular weight is 245 g/mol. The van der Waals surface area contributed by atoms with Gasteiger partial charge in [0.2, 0.25) is 5.95 Å². The quantitative estimate of drug-likeness (QED) is 0.811. The van der Waals surface area contributed by atoms with Crippen molar-refractivity contribution in [2.24, 2.45) is 0 Å². The van der Waals surface area contributed by atoms with Crippen molar-refractivity contribution in [3.8, 4) is 0 Å². The van der Waals surface area contributed by atoms with E-state index in [0.717, 1.165) is 36.7 Å². The summed E-state index contributed by atoms with van der Waals surface area (Å²) in [5, 5.41) is 9.60. The van der Waals surface area contributed by atoms with E-state index in [4.69, 9.17) is 5.73 Å². The molecule has 1 fully saturated rings. The molecular weight excluding hydrogens is 226 g/mol. The van der Waals surface area contributed by atoms with E-state index in [-0.39, 0.29) is 6.10 Å². The molecule has 0 aliphatic heterocycles. The van der Waals surface area contributed by atoms with E-state index in [1.54, 1.807) is 0 Å². The number of aromatic nitrogens is 2. The van der Waals surface area contributed by atoms with Crippen LogP contribution >= 0.6 is 0 Å². The molecule has 0 amide bonds. The summed E-state index contributed by atoms with van der Waals surface area (Å²) in [6, 6.07) is 6.60. The van der Waals surface area contributed by atoms with Crippen LogP contribution in [-0.4, -0.2) is 20.8 Å². The molecule has 0 saturated heterocycles. The van der Waals surface area contributed by atoms with E-state index in [9.17, 15) is 5.11 Å². The van der Waals surface area contributed by atoms with Gasteiger partial charge in [-0.3, -0.25) is 0 Å². The highest BCUT2D eigenvalue weighted by Crippen LogP contribution is 2.33. The van der Waals surface area contributed by atoms with E-state index in [2.05, 4.69) is 28.6 Å². The van der Waals surface area contributed by atoms with Crippen LogP contribution in [0.2, 0.25) is 0 Å². The first-order chi connectivity index (χ1) is 8.65. The van der Waals surface area contributed by atoms with Gasteiger partial charge in [0.1, 0.15) is 0 Å². The molecule has 1 aromatic heterocycles. The summed E-state index contributed by atoms with van der Waals surface area (Å²) in [6.07, 6.45) is 3.53. The monoisotopic (exact) mass is 245 g/mol. The van der Waals surface area contributed by atoms with Crippen LogP contribution in [0, 0.1) is 6.92 Å². The number of aryl methyl sites for hydroxylation is 1. The number of nitrogens with two attached hydrogens (primary N) is 1. The summed E-state index contributed by atoms with van der Waals surface area (Å²) in [6.45, 7) is 2.08. The molecular formula is C14H19N3O. The number of aliphatic hydroxyl groups excluding tert-OH is 1. The predicted molar refractivity (Wildman–Crippen MR) is 72.4 cm³/mol. The molecule has 1 heterocycles. The van der Waals surface area contributed by atoms with Crippen molar-refractivity contribution in [1.29, 1.82) is 0 Å². The van der Waals surface area contributed by atoms with Gasteiger partial charge in [-0.2, -0.15) is 0 Å². The van der Waals surface area contributed by atoms with Crippen molar-refractivity contribution in [2.75, 3.05) is 5.73 Å². The summed E-state index contributed by atoms with van der Waals surface area (Å²) in [5.41, 5.74) is 9.36. The first kappa shape index (κ1) is 11.5. The third-order valence-corrected chi connectivity index (χ3v) is 3.90. The summed E-state index contributed by atoms with van der Waals surface area (Å²) in [4.78, 5) is 4.43. The fourth-order valence-electron chi connectivity index (χ4n) is 2.92. The lowest BCUT2D eigenvalue weighted by Gasteiger charge is -2.27. The molecule has 0 unspecified atom stereocenters. The van der Waals surface area contributed by atoms with Crippen molar-refractivity contribution >= 4 is 17.0 Å². The molecule has 1 saturated carbocycles. The van der Waals surface area contributed by atoms with Gasteiger partial charge in [-0.05, 0) is 50.3 Å². The zero-order chi connectivity index (χ0) is 12.7. The average Bonchev–Trinajstić information content (AvgIpc) is 2.66. The Labute approximate surface area is 106 Å². The highest BCUT2D eigenvalue weighted by atomic mass is 16.3. The smallest absolute Gasteiger partial charge is 0.201 e. The van der Waals surface area contributed by atoms with Gasteiger partial charge in [0.15, 0.2) is 0 Å². The first-order valence-corrected chi connectivity index (χ1v) is 6.57. The van der Waals surface area contributed by atoms with Crippen LogP contribution in [0.4, 0.5) is 5.95 Å². The molecule has 0 spiro atoms. The number of hydrogen-bond donors (Lipinski definition) is 2. The Morgan fingerprint density at radius 1 is 1.28 bits per heavy atom. The van der Waals surface area contributed by atoms with Gasteiger partial charge in [0, 0.05) is 6.04 Å². The standard InChI is InChI=1S/C14H19N3O/c1-9-2-7-12-13(8-9)17(14(15)16-12)10-3-5-11(18)6-4-10/h2,7-8,10-11,18H,3-6H2,1H3,(H2,15,16). The van der Waals surface area contributed by atoms with E-state index in [1.165, 1.54) is 5.56 Å². The van der Waals surface area contributed by atoms with Gasteiger partial charge in [-0.1, -0.05) is 6.07 Å². The number of nitrogens with zero attached hydrogens (tertiary/aromatic N) is 2. The van der Waals surface area contributed by atoms with Crippen LogP contribution < -0.4 is 5.73 Å². The molecule has 18 heavy (non-hydrogen) atoms. The van der Waals surface area contributed by atoms with Crippen LogP contribution in [0.15, 0.2) is 18.2 Å². The van der Waals surface area contributed by atoms with Crippen molar-refractivity contribution in [1.82, 2.24) is 9.55 Å². The minimum atomic E-state index is -0.140. The number of fused-ring (bicyclic) bond motifs is 1. The van der Waals surface area contributed by atoms with E-state index >= 15 is 0 Å². The molecule has 1 aromatic carbocycles. The Balaban J connectivity index is 2.05. The molecule has 1 aliphatic rings. The normalized spacial score (nSPS) is 24.6. The Morgan fingerprint density at radius 3 is 2.72 bits per heavy atom. The van der Waals surface area contributed by atoms with Crippen LogP contribution in [-0.2, 0) is 0 Å². The number of aliphatic hydroxyl groups is 1. The van der Waals surface area contributed by atoms with Gasteiger partial charge in [-0.25, -0.2) is 4.98 Å². The zero-order valence-corrected chi connectivity index (χ0v) is 10.6. The van der Waals surface area contributed by atoms with Gasteiger partial charge >= 0.3 is 0 Å². The lowest BCUT2D eigenvalue weighted by Crippen LogP contribution is -2.22. The molecule has 4 nitrogen and oxygen atoms in total. The molecule has 96 valence electrons. The maximum atomic E-state index is 9.60. The van der Waals surface area contributed by atoms with Crippen LogP contribution in [0.25, 0.3) is 11.0 Å². The van der Waals surface area contributed by atoms with Crippen molar-refractivity contribution in [2.45, 2.75) is 44.8 Å². The Kier molecular flexibility index (Phi) is 2.74. The maximum absolute atomic E-state index is 9.60. The number of imidazole rings is 1. The zero-order valence-electron chi connectivity index (χ0n) is 10.6. The maximum Gasteiger partial charge on any atom is 0.201 e. The molecule has 2 aromatic rings. The number of hydrogen-bond acceptors (Lipinski definition) is 3. The largest absolute Gasteiger partial charge is 0.393 e. The topological polar surface area (TPSA) is 64.1 Å². The Bertz CT molecular complexity index is 568. The van der Waals surface area contributed by atoms with Gasteiger partial charge < -0.3 is 15.4 Å². The molecule has 1 aliphatic carbocycles. The fraction of sp³-hybridized carbons (Fsp3) is 0.500. The molecule has 3 N–H and O–H groups in total. The highest BCUT2D eigenvalue weighted by molar-refractivity contribution is 5.79. The molecule has 0 bridgehead atoms. The lowest BCUT2D eigenvalue weighted by molar-refractivity contribution is 0.112. The van der Waals surface area contributed by atoms with Crippen LogP contribution in [0.3, 0.4) is 0 Å².